The molecule has 0 N–H and O–H groups in total. The van der Waals surface area contributed by atoms with Gasteiger partial charge in [0.2, 0.25) is 0 Å². The molecule has 0 aromatic heterocycles. The van der Waals surface area contributed by atoms with E-state index in [0.717, 1.165) is 25.7 Å². The van der Waals surface area contributed by atoms with Gasteiger partial charge in [0, 0.05) is 0 Å². The Kier molecular flexibility index (Phi) is 10.9. The van der Waals surface area contributed by atoms with Crippen LogP contribution in [-0.4, -0.2) is 19.4 Å². The maximum Gasteiger partial charge on any atom is 0.330 e. The highest BCUT2D eigenvalue weighted by molar-refractivity contribution is 7.53. The molecular formula is C16H35O3P. The summed E-state index contributed by atoms with van der Waals surface area (Å²) in [5.74, 6) is 0. The van der Waals surface area contributed by atoms with Gasteiger partial charge in [-0.15, -0.1) is 0 Å². The van der Waals surface area contributed by atoms with E-state index in [9.17, 15) is 4.57 Å². The molecule has 0 aliphatic carbocycles. The predicted molar refractivity (Wildman–Crippen MR) is 87.5 cm³/mol. The summed E-state index contributed by atoms with van der Waals surface area (Å²) in [5, 5.41) is 0. The lowest BCUT2D eigenvalue weighted by atomic mass is 9.99. The molecule has 0 amide bonds. The van der Waals surface area contributed by atoms with E-state index in [1.165, 1.54) is 19.3 Å². The van der Waals surface area contributed by atoms with Gasteiger partial charge in [0.05, 0.1) is 19.4 Å². The molecule has 1 atom stereocenters. The van der Waals surface area contributed by atoms with Gasteiger partial charge in [-0.2, -0.15) is 0 Å². The molecule has 0 radical (unpaired) electrons. The predicted octanol–water partition coefficient (Wildman–Crippen LogP) is 6.03. The highest BCUT2D eigenvalue weighted by Crippen LogP contribution is 2.50. The minimum Gasteiger partial charge on any atom is -0.309 e. The molecule has 1 unspecified atom stereocenters. The van der Waals surface area contributed by atoms with Crippen molar-refractivity contribution in [3.63, 3.8) is 0 Å². The fourth-order valence-electron chi connectivity index (χ4n) is 1.72. The Morgan fingerprint density at radius 3 is 2.00 bits per heavy atom. The van der Waals surface area contributed by atoms with Crippen molar-refractivity contribution < 1.29 is 13.6 Å². The summed E-state index contributed by atoms with van der Waals surface area (Å²) in [6.07, 6.45) is 8.35. The van der Waals surface area contributed by atoms with E-state index in [4.69, 9.17) is 9.05 Å². The fraction of sp³-hybridized carbons (Fsp3) is 1.00. The van der Waals surface area contributed by atoms with E-state index in [-0.39, 0.29) is 5.41 Å². The molecule has 0 aromatic rings. The smallest absolute Gasteiger partial charge is 0.309 e. The number of hydrogen-bond acceptors (Lipinski definition) is 3. The van der Waals surface area contributed by atoms with Crippen LogP contribution >= 0.6 is 7.60 Å². The zero-order valence-corrected chi connectivity index (χ0v) is 15.1. The lowest BCUT2D eigenvalue weighted by Gasteiger charge is -2.24. The molecule has 0 fully saturated rings. The standard InChI is InChI=1S/C16H35O3P/c1-6-8-10-11-12-13-18-20(17,14-9-7-2)19-15-16(3,4)5/h6-15H2,1-5H3. The van der Waals surface area contributed by atoms with Crippen LogP contribution in [-0.2, 0) is 13.6 Å². The molecule has 122 valence electrons. The van der Waals surface area contributed by atoms with Crippen LogP contribution in [0.15, 0.2) is 0 Å². The molecule has 0 heterocycles. The van der Waals surface area contributed by atoms with Crippen LogP contribution in [0.4, 0.5) is 0 Å². The van der Waals surface area contributed by atoms with Gasteiger partial charge in [0.25, 0.3) is 0 Å². The number of hydrogen-bond donors (Lipinski definition) is 0. The highest BCUT2D eigenvalue weighted by atomic mass is 31.2. The summed E-state index contributed by atoms with van der Waals surface area (Å²) >= 11 is 0. The first kappa shape index (κ1) is 20.1. The zero-order valence-electron chi connectivity index (χ0n) is 14.2. The van der Waals surface area contributed by atoms with Crippen LogP contribution in [0.25, 0.3) is 0 Å². The normalized spacial score (nSPS) is 15.2. The minimum atomic E-state index is -2.89. The Morgan fingerprint density at radius 2 is 1.45 bits per heavy atom. The number of rotatable bonds is 12. The Bertz CT molecular complexity index is 271. The van der Waals surface area contributed by atoms with Crippen LogP contribution in [0, 0.1) is 5.41 Å². The van der Waals surface area contributed by atoms with Crippen LogP contribution in [0.3, 0.4) is 0 Å². The van der Waals surface area contributed by atoms with Crippen LogP contribution in [0.1, 0.15) is 79.6 Å². The molecular weight excluding hydrogens is 271 g/mol. The fourth-order valence-corrected chi connectivity index (χ4v) is 3.75. The molecule has 3 nitrogen and oxygen atoms in total. The van der Waals surface area contributed by atoms with E-state index in [1.807, 2.05) is 0 Å². The van der Waals surface area contributed by atoms with Crippen molar-refractivity contribution in [1.29, 1.82) is 0 Å². The maximum atomic E-state index is 12.7. The molecule has 4 heteroatoms. The first-order valence-corrected chi connectivity index (χ1v) is 9.94. The summed E-state index contributed by atoms with van der Waals surface area (Å²) in [4.78, 5) is 0. The Balaban J connectivity index is 4.08. The zero-order chi connectivity index (χ0) is 15.5. The van der Waals surface area contributed by atoms with Crippen molar-refractivity contribution in [2.75, 3.05) is 19.4 Å². The average Bonchev–Trinajstić information content (AvgIpc) is 2.38. The van der Waals surface area contributed by atoms with Gasteiger partial charge in [-0.25, -0.2) is 0 Å². The molecule has 0 saturated heterocycles. The molecule has 0 aromatic carbocycles. The Morgan fingerprint density at radius 1 is 0.850 bits per heavy atom. The minimum absolute atomic E-state index is 0.0202. The lowest BCUT2D eigenvalue weighted by molar-refractivity contribution is 0.149. The van der Waals surface area contributed by atoms with Crippen molar-refractivity contribution >= 4 is 7.60 Å². The summed E-state index contributed by atoms with van der Waals surface area (Å²) in [7, 11) is -2.89. The van der Waals surface area contributed by atoms with Gasteiger partial charge in [-0.05, 0) is 18.3 Å². The molecule has 20 heavy (non-hydrogen) atoms. The van der Waals surface area contributed by atoms with Crippen molar-refractivity contribution in [3.8, 4) is 0 Å². The van der Waals surface area contributed by atoms with Crippen molar-refractivity contribution in [2.24, 2.45) is 5.41 Å². The van der Waals surface area contributed by atoms with Gasteiger partial charge in [-0.3, -0.25) is 4.57 Å². The summed E-state index contributed by atoms with van der Waals surface area (Å²) < 4.78 is 24.0. The second-order valence-electron chi connectivity index (χ2n) is 6.77. The molecule has 0 bridgehead atoms. The summed E-state index contributed by atoms with van der Waals surface area (Å²) in [5.41, 5.74) is 0.0202. The van der Waals surface area contributed by atoms with E-state index in [1.54, 1.807) is 0 Å². The monoisotopic (exact) mass is 306 g/mol. The van der Waals surface area contributed by atoms with Gasteiger partial charge >= 0.3 is 7.60 Å². The summed E-state index contributed by atoms with van der Waals surface area (Å²) in [6, 6.07) is 0. The van der Waals surface area contributed by atoms with E-state index in [2.05, 4.69) is 34.6 Å². The first-order valence-electron chi connectivity index (χ1n) is 8.21. The van der Waals surface area contributed by atoms with Crippen molar-refractivity contribution in [3.05, 3.63) is 0 Å². The molecule has 0 aliphatic heterocycles. The van der Waals surface area contributed by atoms with E-state index < -0.39 is 7.60 Å². The molecule has 0 saturated carbocycles. The lowest BCUT2D eigenvalue weighted by Crippen LogP contribution is -2.15. The first-order chi connectivity index (χ1) is 9.33. The van der Waals surface area contributed by atoms with Gasteiger partial charge in [-0.1, -0.05) is 66.7 Å². The third-order valence-electron chi connectivity index (χ3n) is 3.02. The van der Waals surface area contributed by atoms with Gasteiger partial charge in [0.1, 0.15) is 0 Å². The second kappa shape index (κ2) is 10.8. The Hall–Kier alpha value is 0.150. The van der Waals surface area contributed by atoms with Crippen molar-refractivity contribution in [2.45, 2.75) is 79.6 Å². The van der Waals surface area contributed by atoms with Crippen LogP contribution in [0.2, 0.25) is 0 Å². The topological polar surface area (TPSA) is 35.5 Å². The summed E-state index contributed by atoms with van der Waals surface area (Å²) in [6.45, 7) is 11.6. The number of unbranched alkanes of at least 4 members (excludes halogenated alkanes) is 5. The largest absolute Gasteiger partial charge is 0.330 e. The third-order valence-corrected chi connectivity index (χ3v) is 4.98. The highest BCUT2D eigenvalue weighted by Gasteiger charge is 2.26. The second-order valence-corrected chi connectivity index (χ2v) is 8.96. The van der Waals surface area contributed by atoms with Gasteiger partial charge in [0.15, 0.2) is 0 Å². The molecule has 0 aliphatic rings. The van der Waals surface area contributed by atoms with Gasteiger partial charge < -0.3 is 9.05 Å². The van der Waals surface area contributed by atoms with E-state index in [0.29, 0.717) is 19.4 Å². The molecule has 0 rings (SSSR count). The van der Waals surface area contributed by atoms with Crippen LogP contribution in [0.5, 0.6) is 0 Å². The quantitative estimate of drug-likeness (QED) is 0.326. The van der Waals surface area contributed by atoms with E-state index >= 15 is 0 Å². The Labute approximate surface area is 126 Å². The van der Waals surface area contributed by atoms with Crippen LogP contribution < -0.4 is 0 Å². The molecule has 0 spiro atoms. The SMILES string of the molecule is CCCCCCCOP(=O)(CCCC)OCC(C)(C)C. The average molecular weight is 306 g/mol. The van der Waals surface area contributed by atoms with Crippen molar-refractivity contribution in [1.82, 2.24) is 0 Å². The third kappa shape index (κ3) is 11.9. The maximum absolute atomic E-state index is 12.7.